The maximum Gasteiger partial charge on any atom is 0.237 e. The molecule has 1 aliphatic rings. The van der Waals surface area contributed by atoms with E-state index in [1.165, 1.54) is 4.90 Å². The summed E-state index contributed by atoms with van der Waals surface area (Å²) in [4.78, 5) is 37.0. The summed E-state index contributed by atoms with van der Waals surface area (Å²) in [5, 5.41) is 5.84. The van der Waals surface area contributed by atoms with Gasteiger partial charge in [-0.25, -0.2) is 0 Å². The van der Waals surface area contributed by atoms with Gasteiger partial charge in [0, 0.05) is 37.5 Å². The fourth-order valence-corrected chi connectivity index (χ4v) is 2.71. The van der Waals surface area contributed by atoms with Crippen LogP contribution in [0, 0.1) is 11.8 Å². The lowest BCUT2D eigenvalue weighted by Crippen LogP contribution is -2.30. The monoisotopic (exact) mass is 409 g/mol. The molecule has 2 unspecified atom stereocenters. The highest BCUT2D eigenvalue weighted by molar-refractivity contribution is 6.05. The Balaban J connectivity index is 0. The number of likely N-dealkylation sites (tertiary alicyclic amines) is 1. The maximum atomic E-state index is 12.1. The Morgan fingerprint density at radius 2 is 1.83 bits per heavy atom. The van der Waals surface area contributed by atoms with Gasteiger partial charge in [0.05, 0.1) is 0 Å². The third kappa shape index (κ3) is 11.6. The normalized spacial score (nSPS) is 17.4. The number of rotatable bonds is 10. The Labute approximate surface area is 178 Å². The number of allylic oxidation sites excluding steroid dienone is 3. The number of nitrogens with zero attached hydrogens (tertiary/aromatic N) is 1. The van der Waals surface area contributed by atoms with Gasteiger partial charge < -0.3 is 10.6 Å². The maximum absolute atomic E-state index is 12.1. The Kier molecular flexibility index (Phi) is 18.3. The van der Waals surface area contributed by atoms with Crippen LogP contribution in [-0.4, -0.2) is 42.8 Å². The van der Waals surface area contributed by atoms with Gasteiger partial charge in [0.1, 0.15) is 0 Å². The quantitative estimate of drug-likeness (QED) is 0.324. The van der Waals surface area contributed by atoms with Crippen molar-refractivity contribution in [3.05, 3.63) is 23.9 Å². The minimum atomic E-state index is -0.241. The topological polar surface area (TPSA) is 78.5 Å². The van der Waals surface area contributed by atoms with Gasteiger partial charge in [-0.05, 0) is 38.8 Å². The molecule has 0 aliphatic carbocycles. The van der Waals surface area contributed by atoms with Crippen molar-refractivity contribution in [2.75, 3.05) is 20.1 Å². The minimum absolute atomic E-state index is 0.0721. The number of hydrogen-bond donors (Lipinski definition) is 2. The van der Waals surface area contributed by atoms with Crippen molar-refractivity contribution < 1.29 is 14.4 Å². The summed E-state index contributed by atoms with van der Waals surface area (Å²) >= 11 is 0. The lowest BCUT2D eigenvalue weighted by atomic mass is 10.0. The SMILES string of the molecule is C/C=C(\C=C/C(C)CCCC(=O)NCCNC)N1C(=O)CC(C)C1=O.CC.CC. The first kappa shape index (κ1) is 29.3. The Hall–Kier alpha value is -1.95. The molecule has 2 atom stereocenters. The number of imide groups is 1. The summed E-state index contributed by atoms with van der Waals surface area (Å²) in [5.41, 5.74) is 0.635. The van der Waals surface area contributed by atoms with Crippen molar-refractivity contribution in [1.82, 2.24) is 15.5 Å². The van der Waals surface area contributed by atoms with Crippen molar-refractivity contribution in [3.63, 3.8) is 0 Å². The van der Waals surface area contributed by atoms with E-state index in [0.29, 0.717) is 18.7 Å². The van der Waals surface area contributed by atoms with E-state index in [9.17, 15) is 14.4 Å². The number of hydrogen-bond acceptors (Lipinski definition) is 4. The molecule has 0 radical (unpaired) electrons. The van der Waals surface area contributed by atoms with Crippen molar-refractivity contribution in [2.45, 2.75) is 74.1 Å². The van der Waals surface area contributed by atoms with E-state index in [4.69, 9.17) is 0 Å². The number of nitrogens with one attached hydrogen (secondary N) is 2. The molecule has 0 aromatic heterocycles. The first-order valence-corrected chi connectivity index (χ1v) is 11.0. The molecule has 168 valence electrons. The van der Waals surface area contributed by atoms with E-state index >= 15 is 0 Å². The van der Waals surface area contributed by atoms with Gasteiger partial charge in [-0.2, -0.15) is 0 Å². The van der Waals surface area contributed by atoms with E-state index in [0.717, 1.165) is 19.4 Å². The number of carbonyl (C=O) groups excluding carboxylic acids is 3. The molecule has 6 nitrogen and oxygen atoms in total. The van der Waals surface area contributed by atoms with E-state index in [1.54, 1.807) is 13.0 Å². The first-order chi connectivity index (χ1) is 13.9. The van der Waals surface area contributed by atoms with Crippen molar-refractivity contribution in [1.29, 1.82) is 0 Å². The Morgan fingerprint density at radius 3 is 2.31 bits per heavy atom. The lowest BCUT2D eigenvalue weighted by molar-refractivity contribution is -0.136. The molecule has 6 heteroatoms. The Bertz CT molecular complexity index is 541. The average Bonchev–Trinajstić information content (AvgIpc) is 2.98. The van der Waals surface area contributed by atoms with E-state index in [1.807, 2.05) is 53.8 Å². The van der Waals surface area contributed by atoms with Gasteiger partial charge in [0.15, 0.2) is 0 Å². The molecule has 1 heterocycles. The second kappa shape index (κ2) is 18.1. The largest absolute Gasteiger partial charge is 0.355 e. The summed E-state index contributed by atoms with van der Waals surface area (Å²) in [6, 6.07) is 0. The number of likely N-dealkylation sites (N-methyl/N-ethyl adjacent to an activating group) is 1. The zero-order valence-corrected chi connectivity index (χ0v) is 19.8. The van der Waals surface area contributed by atoms with Crippen LogP contribution in [-0.2, 0) is 14.4 Å². The highest BCUT2D eigenvalue weighted by Crippen LogP contribution is 2.24. The standard InChI is InChI=1S/C19H31N3O3.2C2H6/c1-5-16(22-18(24)13-15(3)19(22)25)10-9-14(2)7-6-8-17(23)21-12-11-20-4;2*1-2/h5,9-10,14-15,20H,6-8,11-13H2,1-4H3,(H,21,23);2*1-2H3/b10-9-,16-5+;;. The first-order valence-electron chi connectivity index (χ1n) is 11.0. The zero-order chi connectivity index (χ0) is 22.8. The summed E-state index contributed by atoms with van der Waals surface area (Å²) in [7, 11) is 1.85. The molecule has 2 N–H and O–H groups in total. The fraction of sp³-hybridized carbons (Fsp3) is 0.696. The third-order valence-corrected chi connectivity index (χ3v) is 4.28. The summed E-state index contributed by atoms with van der Waals surface area (Å²) in [6.07, 6.45) is 8.10. The lowest BCUT2D eigenvalue weighted by Gasteiger charge is -2.16. The molecule has 0 bridgehead atoms. The van der Waals surface area contributed by atoms with Crippen molar-refractivity contribution >= 4 is 17.7 Å². The second-order valence-electron chi connectivity index (χ2n) is 6.57. The molecular weight excluding hydrogens is 366 g/mol. The highest BCUT2D eigenvalue weighted by Gasteiger charge is 2.36. The molecular formula is C23H43N3O3. The third-order valence-electron chi connectivity index (χ3n) is 4.28. The van der Waals surface area contributed by atoms with Crippen LogP contribution in [0.15, 0.2) is 23.9 Å². The van der Waals surface area contributed by atoms with Crippen LogP contribution in [0.25, 0.3) is 0 Å². The summed E-state index contributed by atoms with van der Waals surface area (Å²) < 4.78 is 0. The second-order valence-corrected chi connectivity index (χ2v) is 6.57. The van der Waals surface area contributed by atoms with Gasteiger partial charge in [0.25, 0.3) is 0 Å². The molecule has 1 saturated heterocycles. The van der Waals surface area contributed by atoms with Crippen LogP contribution in [0.1, 0.15) is 74.1 Å². The van der Waals surface area contributed by atoms with Crippen molar-refractivity contribution in [3.8, 4) is 0 Å². The van der Waals surface area contributed by atoms with E-state index < -0.39 is 0 Å². The number of amides is 3. The average molecular weight is 410 g/mol. The van der Waals surface area contributed by atoms with Gasteiger partial charge in [-0.15, -0.1) is 0 Å². The molecule has 1 fully saturated rings. The number of carbonyl (C=O) groups is 3. The molecule has 3 amide bonds. The van der Waals surface area contributed by atoms with Gasteiger partial charge >= 0.3 is 0 Å². The molecule has 29 heavy (non-hydrogen) atoms. The molecule has 0 aromatic rings. The van der Waals surface area contributed by atoms with Crippen LogP contribution in [0.2, 0.25) is 0 Å². The smallest absolute Gasteiger partial charge is 0.237 e. The minimum Gasteiger partial charge on any atom is -0.355 e. The highest BCUT2D eigenvalue weighted by atomic mass is 16.2. The predicted molar refractivity (Wildman–Crippen MR) is 121 cm³/mol. The molecule has 1 aliphatic heterocycles. The van der Waals surface area contributed by atoms with Gasteiger partial charge in [-0.1, -0.05) is 53.7 Å². The van der Waals surface area contributed by atoms with E-state index in [2.05, 4.69) is 17.6 Å². The molecule has 1 rings (SSSR count). The van der Waals surface area contributed by atoms with E-state index in [-0.39, 0.29) is 36.0 Å². The predicted octanol–water partition coefficient (Wildman–Crippen LogP) is 4.04. The summed E-state index contributed by atoms with van der Waals surface area (Å²) in [6.45, 7) is 15.1. The Morgan fingerprint density at radius 1 is 1.21 bits per heavy atom. The molecule has 0 saturated carbocycles. The molecule has 0 aromatic carbocycles. The van der Waals surface area contributed by atoms with Gasteiger partial charge in [-0.3, -0.25) is 19.3 Å². The summed E-state index contributed by atoms with van der Waals surface area (Å²) in [5.74, 6) is -0.169. The fourth-order valence-electron chi connectivity index (χ4n) is 2.71. The van der Waals surface area contributed by atoms with Crippen LogP contribution in [0.5, 0.6) is 0 Å². The van der Waals surface area contributed by atoms with Crippen LogP contribution in [0.4, 0.5) is 0 Å². The van der Waals surface area contributed by atoms with Gasteiger partial charge in [0.2, 0.25) is 17.7 Å². The van der Waals surface area contributed by atoms with Crippen LogP contribution in [0.3, 0.4) is 0 Å². The zero-order valence-electron chi connectivity index (χ0n) is 19.8. The van der Waals surface area contributed by atoms with Crippen LogP contribution >= 0.6 is 0 Å². The van der Waals surface area contributed by atoms with Crippen LogP contribution < -0.4 is 10.6 Å². The van der Waals surface area contributed by atoms with Crippen molar-refractivity contribution in [2.24, 2.45) is 11.8 Å². The molecule has 0 spiro atoms.